The van der Waals surface area contributed by atoms with Gasteiger partial charge >= 0.3 is 0 Å². The number of nitrogens with zero attached hydrogens (tertiary/aromatic N) is 3. The van der Waals surface area contributed by atoms with Gasteiger partial charge in [0.25, 0.3) is 0 Å². The van der Waals surface area contributed by atoms with Crippen molar-refractivity contribution in [3.8, 4) is 17.3 Å². The Hall–Kier alpha value is -2.97. The molecule has 0 aliphatic heterocycles. The highest BCUT2D eigenvalue weighted by atomic mass is 35.5. The quantitative estimate of drug-likeness (QED) is 0.547. The maximum Gasteiger partial charge on any atom is 0.237 e. The summed E-state index contributed by atoms with van der Waals surface area (Å²) in [6.07, 6.45) is 2.08. The second-order valence-electron chi connectivity index (χ2n) is 5.76. The normalized spacial score (nSPS) is 10.6. The molecular weight excluding hydrogens is 384 g/mol. The predicted octanol–water partition coefficient (Wildman–Crippen LogP) is 3.38. The van der Waals surface area contributed by atoms with Crippen LogP contribution >= 0.6 is 11.6 Å². The Kier molecular flexibility index (Phi) is 6.94. The fourth-order valence-electron chi connectivity index (χ4n) is 2.33. The first-order valence-corrected chi connectivity index (χ1v) is 8.98. The molecule has 0 spiro atoms. The molecule has 1 amide bonds. The minimum absolute atomic E-state index is 0.175. The summed E-state index contributed by atoms with van der Waals surface area (Å²) in [5, 5.41) is 7.34. The van der Waals surface area contributed by atoms with Crippen molar-refractivity contribution in [3.05, 3.63) is 53.5 Å². The molecule has 0 radical (unpaired) electrons. The van der Waals surface area contributed by atoms with Crippen molar-refractivity contribution in [2.24, 2.45) is 0 Å². The molecule has 3 rings (SSSR count). The number of hydrogen-bond donors (Lipinski definition) is 1. The van der Waals surface area contributed by atoms with E-state index in [1.54, 1.807) is 49.7 Å². The van der Waals surface area contributed by atoms with Gasteiger partial charge in [-0.2, -0.15) is 4.98 Å². The van der Waals surface area contributed by atoms with Crippen molar-refractivity contribution < 1.29 is 18.8 Å². The number of hydrogen-bond acceptors (Lipinski definition) is 7. The minimum Gasteiger partial charge on any atom is -0.474 e. The standard InChI is InChI=1S/C19H19ClN4O4/c1-26-11-12-27-19-15(3-2-10-21-19)22-16(25)8-9-17-23-18(24-28-17)13-4-6-14(20)7-5-13/h2-7,10H,8-9,11-12H2,1H3,(H,22,25). The van der Waals surface area contributed by atoms with E-state index in [1.807, 2.05) is 0 Å². The third kappa shape index (κ3) is 5.51. The van der Waals surface area contributed by atoms with Crippen molar-refractivity contribution in [2.75, 3.05) is 25.6 Å². The van der Waals surface area contributed by atoms with E-state index in [1.165, 1.54) is 0 Å². The number of ether oxygens (including phenoxy) is 2. The summed E-state index contributed by atoms with van der Waals surface area (Å²) in [5.41, 5.74) is 1.29. The molecule has 1 N–H and O–H groups in total. The van der Waals surface area contributed by atoms with Gasteiger partial charge in [-0.1, -0.05) is 16.8 Å². The largest absolute Gasteiger partial charge is 0.474 e. The van der Waals surface area contributed by atoms with Gasteiger partial charge in [0.2, 0.25) is 23.5 Å². The van der Waals surface area contributed by atoms with Crippen LogP contribution in [-0.2, 0) is 16.0 Å². The molecule has 0 saturated heterocycles. The van der Waals surface area contributed by atoms with Crippen LogP contribution in [0.2, 0.25) is 5.02 Å². The van der Waals surface area contributed by atoms with Gasteiger partial charge in [0, 0.05) is 36.7 Å². The molecule has 0 saturated carbocycles. The Morgan fingerprint density at radius 1 is 1.21 bits per heavy atom. The van der Waals surface area contributed by atoms with Crippen LogP contribution in [0.5, 0.6) is 5.88 Å². The van der Waals surface area contributed by atoms with Crippen LogP contribution in [0.25, 0.3) is 11.4 Å². The number of rotatable bonds is 9. The summed E-state index contributed by atoms with van der Waals surface area (Å²) in [5.74, 6) is 0.961. The maximum atomic E-state index is 12.3. The third-order valence-corrected chi connectivity index (χ3v) is 3.96. The SMILES string of the molecule is COCCOc1ncccc1NC(=O)CCc1nc(-c2ccc(Cl)cc2)no1. The molecular formula is C19H19ClN4O4. The van der Waals surface area contributed by atoms with E-state index in [0.717, 1.165) is 5.56 Å². The van der Waals surface area contributed by atoms with E-state index in [-0.39, 0.29) is 12.3 Å². The lowest BCUT2D eigenvalue weighted by Crippen LogP contribution is -2.14. The summed E-state index contributed by atoms with van der Waals surface area (Å²) in [6.45, 7) is 0.767. The van der Waals surface area contributed by atoms with E-state index < -0.39 is 0 Å². The molecule has 8 nitrogen and oxygen atoms in total. The molecule has 28 heavy (non-hydrogen) atoms. The van der Waals surface area contributed by atoms with E-state index >= 15 is 0 Å². The number of carbonyl (C=O) groups is 1. The molecule has 0 aliphatic carbocycles. The van der Waals surface area contributed by atoms with Gasteiger partial charge in [-0.3, -0.25) is 4.79 Å². The van der Waals surface area contributed by atoms with E-state index in [2.05, 4.69) is 20.4 Å². The van der Waals surface area contributed by atoms with Crippen molar-refractivity contribution in [3.63, 3.8) is 0 Å². The molecule has 0 aliphatic rings. The Labute approximate surface area is 166 Å². The number of anilines is 1. The number of aromatic nitrogens is 3. The van der Waals surface area contributed by atoms with Gasteiger partial charge < -0.3 is 19.3 Å². The molecule has 2 aromatic heterocycles. The number of aryl methyl sites for hydroxylation is 1. The average molecular weight is 403 g/mol. The van der Waals surface area contributed by atoms with Gasteiger partial charge in [-0.15, -0.1) is 0 Å². The zero-order valence-electron chi connectivity index (χ0n) is 15.2. The fourth-order valence-corrected chi connectivity index (χ4v) is 2.45. The lowest BCUT2D eigenvalue weighted by atomic mass is 10.2. The summed E-state index contributed by atoms with van der Waals surface area (Å²) in [7, 11) is 1.58. The maximum absolute atomic E-state index is 12.3. The first-order chi connectivity index (χ1) is 13.7. The number of nitrogens with one attached hydrogen (secondary N) is 1. The van der Waals surface area contributed by atoms with Crippen molar-refractivity contribution in [2.45, 2.75) is 12.8 Å². The minimum atomic E-state index is -0.212. The number of methoxy groups -OCH3 is 1. The molecule has 0 bridgehead atoms. The van der Waals surface area contributed by atoms with Gasteiger partial charge in [-0.25, -0.2) is 4.98 Å². The van der Waals surface area contributed by atoms with E-state index in [9.17, 15) is 4.79 Å². The zero-order valence-corrected chi connectivity index (χ0v) is 16.0. The number of halogens is 1. The third-order valence-electron chi connectivity index (χ3n) is 3.71. The van der Waals surface area contributed by atoms with Gasteiger partial charge in [0.05, 0.1) is 6.61 Å². The number of amides is 1. The predicted molar refractivity (Wildman–Crippen MR) is 103 cm³/mol. The zero-order chi connectivity index (χ0) is 19.8. The van der Waals surface area contributed by atoms with Crippen LogP contribution < -0.4 is 10.1 Å². The lowest BCUT2D eigenvalue weighted by Gasteiger charge is -2.10. The Morgan fingerprint density at radius 2 is 2.04 bits per heavy atom. The summed E-state index contributed by atoms with van der Waals surface area (Å²) in [6, 6.07) is 10.5. The Balaban J connectivity index is 1.54. The van der Waals surface area contributed by atoms with Crippen molar-refractivity contribution in [1.29, 1.82) is 0 Å². The van der Waals surface area contributed by atoms with E-state index in [4.69, 9.17) is 25.6 Å². The van der Waals surface area contributed by atoms with Crippen molar-refractivity contribution in [1.82, 2.24) is 15.1 Å². The average Bonchev–Trinajstić information content (AvgIpc) is 3.17. The topological polar surface area (TPSA) is 99.4 Å². The number of benzene rings is 1. The fraction of sp³-hybridized carbons (Fsp3) is 0.263. The van der Waals surface area contributed by atoms with Crippen LogP contribution in [0, 0.1) is 0 Å². The molecule has 2 heterocycles. The highest BCUT2D eigenvalue weighted by Gasteiger charge is 2.13. The molecule has 3 aromatic rings. The monoisotopic (exact) mass is 402 g/mol. The number of pyridine rings is 1. The Bertz CT molecular complexity index is 914. The van der Waals surface area contributed by atoms with Crippen LogP contribution in [0.3, 0.4) is 0 Å². The van der Waals surface area contributed by atoms with Gasteiger partial charge in [-0.05, 0) is 36.4 Å². The summed E-state index contributed by atoms with van der Waals surface area (Å²) in [4.78, 5) is 20.7. The molecule has 0 fully saturated rings. The molecule has 1 aromatic carbocycles. The summed E-state index contributed by atoms with van der Waals surface area (Å²) < 4.78 is 15.7. The molecule has 0 unspecified atom stereocenters. The van der Waals surface area contributed by atoms with Crippen LogP contribution in [-0.4, -0.2) is 41.4 Å². The van der Waals surface area contributed by atoms with Crippen LogP contribution in [0.15, 0.2) is 47.1 Å². The molecule has 146 valence electrons. The highest BCUT2D eigenvalue weighted by Crippen LogP contribution is 2.21. The van der Waals surface area contributed by atoms with Crippen LogP contribution in [0.1, 0.15) is 12.3 Å². The first kappa shape index (κ1) is 19.8. The second kappa shape index (κ2) is 9.82. The smallest absolute Gasteiger partial charge is 0.237 e. The Morgan fingerprint density at radius 3 is 2.82 bits per heavy atom. The lowest BCUT2D eigenvalue weighted by molar-refractivity contribution is -0.116. The summed E-state index contributed by atoms with van der Waals surface area (Å²) >= 11 is 5.87. The van der Waals surface area contributed by atoms with Crippen LogP contribution in [0.4, 0.5) is 5.69 Å². The van der Waals surface area contributed by atoms with Gasteiger partial charge in [0.1, 0.15) is 12.3 Å². The van der Waals surface area contributed by atoms with E-state index in [0.29, 0.717) is 47.9 Å². The van der Waals surface area contributed by atoms with Crippen molar-refractivity contribution >= 4 is 23.2 Å². The number of carbonyl (C=O) groups excluding carboxylic acids is 1. The molecule has 0 atom stereocenters. The molecule has 9 heteroatoms. The van der Waals surface area contributed by atoms with Gasteiger partial charge in [0.15, 0.2) is 0 Å². The second-order valence-corrected chi connectivity index (χ2v) is 6.20. The first-order valence-electron chi connectivity index (χ1n) is 8.61. The highest BCUT2D eigenvalue weighted by molar-refractivity contribution is 6.30.